The number of nitrogens with one attached hydrogen (secondary N) is 1. The Hall–Kier alpha value is -2.41. The summed E-state index contributed by atoms with van der Waals surface area (Å²) in [5.74, 6) is -0.00189. The molecule has 2 fully saturated rings. The van der Waals surface area contributed by atoms with E-state index in [1.165, 1.54) is 18.4 Å². The van der Waals surface area contributed by atoms with Gasteiger partial charge in [-0.2, -0.15) is 0 Å². The molecule has 0 aliphatic carbocycles. The molecule has 0 saturated carbocycles. The molecule has 0 aromatic heterocycles. The summed E-state index contributed by atoms with van der Waals surface area (Å²) < 4.78 is 0. The number of likely N-dealkylation sites (tertiary alicyclic amines) is 2. The number of benzene rings is 2. The lowest BCUT2D eigenvalue weighted by Gasteiger charge is -2.39. The highest BCUT2D eigenvalue weighted by atomic mass is 35.5. The largest absolute Gasteiger partial charge is 0.322 e. The average molecular weight is 497 g/mol. The zero-order valence-electron chi connectivity index (χ0n) is 20.7. The molecule has 35 heavy (non-hydrogen) atoms. The van der Waals surface area contributed by atoms with E-state index in [4.69, 9.17) is 11.6 Å². The van der Waals surface area contributed by atoms with Crippen LogP contribution < -0.4 is 5.32 Å². The Morgan fingerprint density at radius 1 is 0.971 bits per heavy atom. The van der Waals surface area contributed by atoms with Gasteiger partial charge in [-0.15, -0.1) is 0 Å². The van der Waals surface area contributed by atoms with E-state index < -0.39 is 0 Å². The first-order valence-corrected chi connectivity index (χ1v) is 13.2. The van der Waals surface area contributed by atoms with Crippen LogP contribution in [-0.2, 0) is 6.42 Å². The van der Waals surface area contributed by atoms with Crippen LogP contribution >= 0.6 is 11.6 Å². The molecule has 0 unspecified atom stereocenters. The van der Waals surface area contributed by atoms with E-state index in [1.807, 2.05) is 29.2 Å². The van der Waals surface area contributed by atoms with E-state index in [0.29, 0.717) is 11.3 Å². The van der Waals surface area contributed by atoms with E-state index in [1.54, 1.807) is 19.1 Å². The normalized spacial score (nSPS) is 17.4. The minimum atomic E-state index is -0.0653. The number of hydrogen-bond donors (Lipinski definition) is 1. The Labute approximate surface area is 214 Å². The molecule has 0 radical (unpaired) electrons. The van der Waals surface area contributed by atoms with Crippen LogP contribution in [-0.4, -0.2) is 78.4 Å². The van der Waals surface area contributed by atoms with Crippen LogP contribution in [0.3, 0.4) is 0 Å². The Morgan fingerprint density at radius 2 is 1.66 bits per heavy atom. The second-order valence-electron chi connectivity index (χ2n) is 9.76. The number of rotatable bonds is 9. The van der Waals surface area contributed by atoms with Gasteiger partial charge in [-0.3, -0.25) is 4.79 Å². The van der Waals surface area contributed by atoms with Crippen molar-refractivity contribution in [1.29, 1.82) is 0 Å². The van der Waals surface area contributed by atoms with Crippen molar-refractivity contribution >= 4 is 29.1 Å². The molecule has 188 valence electrons. The number of hydrogen-bond acceptors (Lipinski definition) is 4. The SMILES string of the molecule is CC(=O)c1cccc(NC(=O)N(CCN2CCCC2)C2CCN(CCc3ccc(Cl)cc3)CC2)c1. The summed E-state index contributed by atoms with van der Waals surface area (Å²) in [7, 11) is 0. The lowest BCUT2D eigenvalue weighted by Crippen LogP contribution is -2.51. The lowest BCUT2D eigenvalue weighted by atomic mass is 10.0. The summed E-state index contributed by atoms with van der Waals surface area (Å²) in [5, 5.41) is 3.84. The maximum absolute atomic E-state index is 13.4. The monoisotopic (exact) mass is 496 g/mol. The van der Waals surface area contributed by atoms with Gasteiger partial charge < -0.3 is 20.0 Å². The van der Waals surface area contributed by atoms with Gasteiger partial charge >= 0.3 is 6.03 Å². The van der Waals surface area contributed by atoms with Crippen molar-refractivity contribution in [1.82, 2.24) is 14.7 Å². The van der Waals surface area contributed by atoms with Crippen LogP contribution in [0.1, 0.15) is 48.5 Å². The summed E-state index contributed by atoms with van der Waals surface area (Å²) in [6, 6.07) is 15.5. The van der Waals surface area contributed by atoms with E-state index in [0.717, 1.165) is 70.1 Å². The highest BCUT2D eigenvalue weighted by Crippen LogP contribution is 2.20. The molecule has 1 N–H and O–H groups in total. The first-order valence-electron chi connectivity index (χ1n) is 12.9. The fourth-order valence-electron chi connectivity index (χ4n) is 5.11. The predicted molar refractivity (Wildman–Crippen MR) is 142 cm³/mol. The quantitative estimate of drug-likeness (QED) is 0.486. The Bertz CT molecular complexity index is 983. The molecule has 4 rings (SSSR count). The number of carbonyl (C=O) groups excluding carboxylic acids is 2. The predicted octanol–water partition coefficient (Wildman–Crippen LogP) is 5.18. The number of Topliss-reactive ketones (excluding diaryl/α,β-unsaturated/α-hetero) is 1. The summed E-state index contributed by atoms with van der Waals surface area (Å²) in [4.78, 5) is 32.2. The first-order chi connectivity index (χ1) is 17.0. The van der Waals surface area contributed by atoms with E-state index in [2.05, 4.69) is 27.2 Å². The van der Waals surface area contributed by atoms with Crippen molar-refractivity contribution in [3.8, 4) is 0 Å². The van der Waals surface area contributed by atoms with E-state index >= 15 is 0 Å². The number of halogens is 1. The lowest BCUT2D eigenvalue weighted by molar-refractivity contribution is 0.101. The molecule has 2 heterocycles. The summed E-state index contributed by atoms with van der Waals surface area (Å²) >= 11 is 6.01. The molecule has 7 heteroatoms. The number of anilines is 1. The highest BCUT2D eigenvalue weighted by Gasteiger charge is 2.28. The molecule has 2 aromatic rings. The van der Waals surface area contributed by atoms with Crippen molar-refractivity contribution in [3.63, 3.8) is 0 Å². The first kappa shape index (κ1) is 25.7. The Balaban J connectivity index is 1.34. The minimum absolute atomic E-state index is 0.00189. The molecule has 2 aliphatic rings. The van der Waals surface area contributed by atoms with Gasteiger partial charge in [-0.05, 0) is 81.9 Å². The van der Waals surface area contributed by atoms with Crippen LogP contribution in [0.5, 0.6) is 0 Å². The topological polar surface area (TPSA) is 55.9 Å². The van der Waals surface area contributed by atoms with E-state index in [9.17, 15) is 9.59 Å². The molecular weight excluding hydrogens is 460 g/mol. The van der Waals surface area contributed by atoms with Crippen LogP contribution in [0.25, 0.3) is 0 Å². The zero-order valence-corrected chi connectivity index (χ0v) is 21.5. The molecule has 0 bridgehead atoms. The molecule has 2 aliphatic heterocycles. The smallest absolute Gasteiger partial charge is 0.320 e. The maximum atomic E-state index is 13.4. The number of nitrogens with zero attached hydrogens (tertiary/aromatic N) is 3. The van der Waals surface area contributed by atoms with Gasteiger partial charge in [0.1, 0.15) is 0 Å². The van der Waals surface area contributed by atoms with Gasteiger partial charge in [0.25, 0.3) is 0 Å². The second kappa shape index (κ2) is 12.5. The number of ketones is 1. The molecule has 2 aromatic carbocycles. The van der Waals surface area contributed by atoms with Crippen molar-refractivity contribution in [3.05, 3.63) is 64.7 Å². The molecular formula is C28H37ClN4O2. The summed E-state index contributed by atoms with van der Waals surface area (Å²) in [6.07, 6.45) is 5.45. The van der Waals surface area contributed by atoms with Crippen LogP contribution in [0, 0.1) is 0 Å². The molecule has 2 saturated heterocycles. The van der Waals surface area contributed by atoms with Gasteiger partial charge in [0.15, 0.2) is 5.78 Å². The third-order valence-corrected chi connectivity index (χ3v) is 7.52. The van der Waals surface area contributed by atoms with Crippen molar-refractivity contribution in [2.45, 2.75) is 45.1 Å². The highest BCUT2D eigenvalue weighted by molar-refractivity contribution is 6.30. The van der Waals surface area contributed by atoms with Crippen LogP contribution in [0.2, 0.25) is 5.02 Å². The Kier molecular flexibility index (Phi) is 9.18. The third kappa shape index (κ3) is 7.53. The Morgan fingerprint density at radius 3 is 2.34 bits per heavy atom. The fraction of sp³-hybridized carbons (Fsp3) is 0.500. The second-order valence-corrected chi connectivity index (χ2v) is 10.2. The maximum Gasteiger partial charge on any atom is 0.322 e. The molecule has 0 atom stereocenters. The average Bonchev–Trinajstić information content (AvgIpc) is 3.38. The molecule has 0 spiro atoms. The molecule has 6 nitrogen and oxygen atoms in total. The number of amides is 2. The van der Waals surface area contributed by atoms with Gasteiger partial charge in [0.2, 0.25) is 0 Å². The number of piperidine rings is 1. The van der Waals surface area contributed by atoms with Gasteiger partial charge in [-0.1, -0.05) is 35.9 Å². The van der Waals surface area contributed by atoms with Gasteiger partial charge in [0, 0.05) is 55.0 Å². The fourth-order valence-corrected chi connectivity index (χ4v) is 5.24. The van der Waals surface area contributed by atoms with E-state index in [-0.39, 0.29) is 17.9 Å². The standard InChI is InChI=1S/C28H37ClN4O2/c1-22(34)24-5-4-6-26(21-24)30-28(35)33(20-19-31-14-2-3-15-31)27-12-17-32(18-13-27)16-11-23-7-9-25(29)10-8-23/h4-10,21,27H,2-3,11-20H2,1H3,(H,30,35). The van der Waals surface area contributed by atoms with Gasteiger partial charge in [0.05, 0.1) is 0 Å². The molecule has 2 amide bonds. The number of urea groups is 1. The minimum Gasteiger partial charge on any atom is -0.320 e. The third-order valence-electron chi connectivity index (χ3n) is 7.26. The van der Waals surface area contributed by atoms with Crippen molar-refractivity contribution in [2.24, 2.45) is 0 Å². The van der Waals surface area contributed by atoms with Crippen molar-refractivity contribution < 1.29 is 9.59 Å². The van der Waals surface area contributed by atoms with Crippen LogP contribution in [0.4, 0.5) is 10.5 Å². The summed E-state index contributed by atoms with van der Waals surface area (Å²) in [6.45, 7) is 8.44. The van der Waals surface area contributed by atoms with Crippen LogP contribution in [0.15, 0.2) is 48.5 Å². The zero-order chi connectivity index (χ0) is 24.6. The van der Waals surface area contributed by atoms with Gasteiger partial charge in [-0.25, -0.2) is 4.79 Å². The van der Waals surface area contributed by atoms with Crippen molar-refractivity contribution in [2.75, 3.05) is 51.1 Å². The number of carbonyl (C=O) groups is 2. The summed E-state index contributed by atoms with van der Waals surface area (Å²) in [5.41, 5.74) is 2.59.